The van der Waals surface area contributed by atoms with Crippen molar-refractivity contribution in [1.29, 1.82) is 0 Å². The van der Waals surface area contributed by atoms with Crippen molar-refractivity contribution in [2.45, 2.75) is 24.4 Å². The third-order valence-electron chi connectivity index (χ3n) is 8.20. The molecule has 60 heavy (non-hydrogen) atoms. The highest BCUT2D eigenvalue weighted by molar-refractivity contribution is 5.92. The highest BCUT2D eigenvalue weighted by Gasteiger charge is 2.46. The summed E-state index contributed by atoms with van der Waals surface area (Å²) in [6, 6.07) is 17.1. The van der Waals surface area contributed by atoms with Gasteiger partial charge < -0.3 is 28.4 Å². The van der Waals surface area contributed by atoms with Crippen molar-refractivity contribution in [3.8, 4) is 0 Å². The molecule has 18 heteroatoms. The molecular formula is C42H32N6O12. The Bertz CT molecular complexity index is 2200. The molecule has 0 amide bonds. The minimum atomic E-state index is -2.02. The number of nitrogens with zero attached hydrogens (tertiary/aromatic N) is 6. The standard InChI is InChI=1S/C42H32N6O12/c49-37(27-7-1-13-43-19-27)55-25-33(57-39(51)29-9-3-15-45-21-29)35(59-41(53)31-11-5-17-47-23-31)36(60-42(54)32-12-6-18-48-24-32)34(58-40(52)30-10-4-16-46-22-30)26-56-38(50)28-8-2-14-44-20-28/h1-24,33-36H,25-26H2/t33-,34-,35-,36-/m1/s1. The molecule has 0 radical (unpaired) electrons. The largest absolute Gasteiger partial charge is 0.458 e. The molecule has 0 saturated carbocycles. The number of aromatic nitrogens is 6. The quantitative estimate of drug-likeness (QED) is 0.0935. The van der Waals surface area contributed by atoms with Gasteiger partial charge in [0.15, 0.2) is 24.4 Å². The Balaban J connectivity index is 1.48. The molecule has 302 valence electrons. The third-order valence-corrected chi connectivity index (χ3v) is 8.20. The molecule has 0 unspecified atom stereocenters. The minimum Gasteiger partial charge on any atom is -0.458 e. The molecule has 6 rings (SSSR count). The van der Waals surface area contributed by atoms with Gasteiger partial charge in [-0.1, -0.05) is 0 Å². The zero-order chi connectivity index (χ0) is 42.1. The lowest BCUT2D eigenvalue weighted by Crippen LogP contribution is -2.54. The van der Waals surface area contributed by atoms with Crippen LogP contribution in [0.3, 0.4) is 0 Å². The Morgan fingerprint density at radius 3 is 0.817 bits per heavy atom. The molecule has 0 saturated heterocycles. The fourth-order valence-corrected chi connectivity index (χ4v) is 5.28. The van der Waals surface area contributed by atoms with Gasteiger partial charge in [-0.3, -0.25) is 29.9 Å². The first kappa shape index (κ1) is 41.4. The van der Waals surface area contributed by atoms with Crippen molar-refractivity contribution < 1.29 is 57.2 Å². The molecule has 18 nitrogen and oxygen atoms in total. The molecule has 6 aromatic heterocycles. The Kier molecular flexibility index (Phi) is 14.3. The van der Waals surface area contributed by atoms with E-state index in [1.54, 1.807) is 0 Å². The summed E-state index contributed by atoms with van der Waals surface area (Å²) in [4.78, 5) is 106. The van der Waals surface area contributed by atoms with Gasteiger partial charge in [0.05, 0.1) is 33.4 Å². The number of esters is 6. The molecule has 4 atom stereocenters. The second-order valence-electron chi connectivity index (χ2n) is 12.3. The van der Waals surface area contributed by atoms with E-state index in [1.807, 2.05) is 0 Å². The highest BCUT2D eigenvalue weighted by atomic mass is 16.6. The van der Waals surface area contributed by atoms with E-state index in [-0.39, 0.29) is 33.4 Å². The summed E-state index contributed by atoms with van der Waals surface area (Å²) in [6.45, 7) is -1.71. The van der Waals surface area contributed by atoms with Crippen molar-refractivity contribution in [3.05, 3.63) is 181 Å². The SMILES string of the molecule is O=C(OC[C@@H](OC(=O)c1cccnc1)[C@@H](OC(=O)c1cccnc1)[C@H](OC(=O)c1cccnc1)[C@@H](COC(=O)c1cccnc1)OC(=O)c1cccnc1)c1cccnc1. The van der Waals surface area contributed by atoms with Crippen LogP contribution in [0.15, 0.2) is 147 Å². The number of carbonyl (C=O) groups excluding carboxylic acids is 6. The molecule has 6 heterocycles. The van der Waals surface area contributed by atoms with Gasteiger partial charge in [-0.25, -0.2) is 28.8 Å². The highest BCUT2D eigenvalue weighted by Crippen LogP contribution is 2.25. The summed E-state index contributed by atoms with van der Waals surface area (Å²) < 4.78 is 35.0. The van der Waals surface area contributed by atoms with Crippen LogP contribution >= 0.6 is 0 Å². The molecule has 6 aromatic rings. The van der Waals surface area contributed by atoms with Gasteiger partial charge in [0.1, 0.15) is 13.2 Å². The number of rotatable bonds is 17. The lowest BCUT2D eigenvalue weighted by molar-refractivity contribution is -0.138. The van der Waals surface area contributed by atoms with Gasteiger partial charge in [0.2, 0.25) is 0 Å². The summed E-state index contributed by atoms with van der Waals surface area (Å²) in [5.41, 5.74) is -0.375. The smallest absolute Gasteiger partial charge is 0.340 e. The first-order valence-corrected chi connectivity index (χ1v) is 17.8. The van der Waals surface area contributed by atoms with Crippen LogP contribution in [0.25, 0.3) is 0 Å². The summed E-state index contributed by atoms with van der Waals surface area (Å²) in [5.74, 6) is -6.15. The Morgan fingerprint density at radius 1 is 0.350 bits per heavy atom. The van der Waals surface area contributed by atoms with Crippen LogP contribution in [0.2, 0.25) is 0 Å². The fourth-order valence-electron chi connectivity index (χ4n) is 5.28. The number of ether oxygens (including phenoxy) is 6. The van der Waals surface area contributed by atoms with Crippen molar-refractivity contribution in [3.63, 3.8) is 0 Å². The lowest BCUT2D eigenvalue weighted by Gasteiger charge is -2.35. The molecule has 0 bridgehead atoms. The van der Waals surface area contributed by atoms with Crippen LogP contribution in [-0.2, 0) is 28.4 Å². The van der Waals surface area contributed by atoms with Gasteiger partial charge in [-0.15, -0.1) is 0 Å². The van der Waals surface area contributed by atoms with Crippen LogP contribution in [0, 0.1) is 0 Å². The van der Waals surface area contributed by atoms with Gasteiger partial charge in [0, 0.05) is 74.4 Å². The van der Waals surface area contributed by atoms with E-state index in [0.717, 1.165) is 0 Å². The maximum Gasteiger partial charge on any atom is 0.340 e. The number of hydrogen-bond donors (Lipinski definition) is 0. The Hall–Kier alpha value is -8.28. The predicted octanol–water partition coefficient (Wildman–Crippen LogP) is 3.97. The van der Waals surface area contributed by atoms with Crippen molar-refractivity contribution in [2.75, 3.05) is 13.2 Å². The van der Waals surface area contributed by atoms with E-state index in [2.05, 4.69) is 29.9 Å². The van der Waals surface area contributed by atoms with E-state index in [9.17, 15) is 28.8 Å². The van der Waals surface area contributed by atoms with Gasteiger partial charge >= 0.3 is 35.8 Å². The second-order valence-corrected chi connectivity index (χ2v) is 12.3. The van der Waals surface area contributed by atoms with Gasteiger partial charge in [-0.05, 0) is 72.8 Å². The average Bonchev–Trinajstić information content (AvgIpc) is 3.31. The number of hydrogen-bond acceptors (Lipinski definition) is 18. The van der Waals surface area contributed by atoms with Crippen LogP contribution in [0.5, 0.6) is 0 Å². The van der Waals surface area contributed by atoms with Crippen LogP contribution in [-0.4, -0.2) is 103 Å². The monoisotopic (exact) mass is 812 g/mol. The normalized spacial score (nSPS) is 12.6. The first-order chi connectivity index (χ1) is 29.3. The molecule has 0 aliphatic rings. The molecule has 0 fully saturated rings. The van der Waals surface area contributed by atoms with Gasteiger partial charge in [0.25, 0.3) is 0 Å². The zero-order valence-electron chi connectivity index (χ0n) is 31.2. The van der Waals surface area contributed by atoms with E-state index in [4.69, 9.17) is 28.4 Å². The van der Waals surface area contributed by atoms with Crippen LogP contribution < -0.4 is 0 Å². The molecule has 0 aliphatic heterocycles. The molecule has 0 spiro atoms. The van der Waals surface area contributed by atoms with Crippen molar-refractivity contribution in [1.82, 2.24) is 29.9 Å². The zero-order valence-corrected chi connectivity index (χ0v) is 31.2. The molecule has 0 N–H and O–H groups in total. The van der Waals surface area contributed by atoms with Crippen molar-refractivity contribution >= 4 is 35.8 Å². The summed E-state index contributed by atoms with van der Waals surface area (Å²) in [7, 11) is 0. The maximum absolute atomic E-state index is 14.0. The summed E-state index contributed by atoms with van der Waals surface area (Å²) >= 11 is 0. The van der Waals surface area contributed by atoms with Crippen LogP contribution in [0.1, 0.15) is 62.1 Å². The Labute approximate surface area is 340 Å². The number of pyridine rings is 6. The van der Waals surface area contributed by atoms with Crippen LogP contribution in [0.4, 0.5) is 0 Å². The Morgan fingerprint density at radius 2 is 0.583 bits per heavy atom. The van der Waals surface area contributed by atoms with Gasteiger partial charge in [-0.2, -0.15) is 0 Å². The van der Waals surface area contributed by atoms with E-state index < -0.39 is 73.4 Å². The number of carbonyl (C=O) groups is 6. The molecule has 0 aliphatic carbocycles. The van der Waals surface area contributed by atoms with E-state index in [1.165, 1.54) is 147 Å². The van der Waals surface area contributed by atoms with E-state index in [0.29, 0.717) is 0 Å². The minimum absolute atomic E-state index is 0.00360. The third kappa shape index (κ3) is 11.4. The average molecular weight is 813 g/mol. The lowest BCUT2D eigenvalue weighted by atomic mass is 10.0. The summed E-state index contributed by atoms with van der Waals surface area (Å²) in [6.07, 6.45) is 7.86. The topological polar surface area (TPSA) is 235 Å². The second kappa shape index (κ2) is 20.8. The first-order valence-electron chi connectivity index (χ1n) is 17.8. The van der Waals surface area contributed by atoms with E-state index >= 15 is 0 Å². The maximum atomic E-state index is 14.0. The molecule has 0 aromatic carbocycles. The molecular weight excluding hydrogens is 780 g/mol. The fraction of sp³-hybridized carbons (Fsp3) is 0.143. The summed E-state index contributed by atoms with van der Waals surface area (Å²) in [5, 5.41) is 0. The predicted molar refractivity (Wildman–Crippen MR) is 203 cm³/mol. The van der Waals surface area contributed by atoms with Crippen molar-refractivity contribution in [2.24, 2.45) is 0 Å².